The quantitative estimate of drug-likeness (QED) is 0.785. The Hall–Kier alpha value is -1.55. The molecule has 0 heterocycles. The van der Waals surface area contributed by atoms with Gasteiger partial charge in [-0.25, -0.2) is 0 Å². The lowest BCUT2D eigenvalue weighted by atomic mass is 10.2. The van der Waals surface area contributed by atoms with E-state index in [9.17, 15) is 4.79 Å². The van der Waals surface area contributed by atoms with Crippen molar-refractivity contribution in [2.75, 3.05) is 13.6 Å². The van der Waals surface area contributed by atoms with Crippen molar-refractivity contribution >= 4 is 5.97 Å². The average molecular weight is 265 g/mol. The van der Waals surface area contributed by atoms with E-state index in [1.54, 1.807) is 0 Å². The minimum Gasteiger partial charge on any atom is -0.491 e. The van der Waals surface area contributed by atoms with Gasteiger partial charge >= 0.3 is 5.97 Å². The summed E-state index contributed by atoms with van der Waals surface area (Å²) < 4.78 is 5.59. The number of rotatable bonds is 8. The van der Waals surface area contributed by atoms with Crippen molar-refractivity contribution in [2.45, 2.75) is 39.3 Å². The van der Waals surface area contributed by atoms with Gasteiger partial charge in [0.1, 0.15) is 5.75 Å². The zero-order chi connectivity index (χ0) is 14.3. The Morgan fingerprint density at radius 1 is 1.32 bits per heavy atom. The summed E-state index contributed by atoms with van der Waals surface area (Å²) in [7, 11) is 2.00. The normalized spacial score (nSPS) is 11.0. The van der Waals surface area contributed by atoms with E-state index in [1.807, 2.05) is 45.2 Å². The standard InChI is InChI=1S/C15H23NO3/c1-12(2)19-14-8-6-13(7-9-14)11-16(3)10-4-5-15(17)18/h6-9,12H,4-5,10-11H2,1-3H3,(H,17,18). The van der Waals surface area contributed by atoms with Crippen LogP contribution in [0.3, 0.4) is 0 Å². The van der Waals surface area contributed by atoms with Gasteiger partial charge < -0.3 is 14.7 Å². The molecule has 0 aliphatic carbocycles. The first-order valence-corrected chi connectivity index (χ1v) is 6.63. The van der Waals surface area contributed by atoms with Crippen LogP contribution in [-0.2, 0) is 11.3 Å². The number of nitrogens with zero attached hydrogens (tertiary/aromatic N) is 1. The van der Waals surface area contributed by atoms with Crippen molar-refractivity contribution in [3.8, 4) is 5.75 Å². The zero-order valence-corrected chi connectivity index (χ0v) is 11.9. The molecule has 0 bridgehead atoms. The zero-order valence-electron chi connectivity index (χ0n) is 11.9. The largest absolute Gasteiger partial charge is 0.491 e. The molecule has 1 N–H and O–H groups in total. The molecule has 1 aromatic carbocycles. The summed E-state index contributed by atoms with van der Waals surface area (Å²) in [6, 6.07) is 8.04. The van der Waals surface area contributed by atoms with E-state index in [0.29, 0.717) is 6.42 Å². The van der Waals surface area contributed by atoms with Gasteiger partial charge in [0.05, 0.1) is 6.10 Å². The van der Waals surface area contributed by atoms with Gasteiger partial charge in [-0.05, 0) is 51.6 Å². The van der Waals surface area contributed by atoms with Gasteiger partial charge in [-0.15, -0.1) is 0 Å². The van der Waals surface area contributed by atoms with Gasteiger partial charge in [-0.1, -0.05) is 12.1 Å². The highest BCUT2D eigenvalue weighted by Gasteiger charge is 2.03. The van der Waals surface area contributed by atoms with E-state index in [-0.39, 0.29) is 12.5 Å². The van der Waals surface area contributed by atoms with Gasteiger partial charge in [-0.3, -0.25) is 4.79 Å². The Bertz CT molecular complexity index is 387. The molecule has 0 unspecified atom stereocenters. The van der Waals surface area contributed by atoms with Crippen molar-refractivity contribution in [3.63, 3.8) is 0 Å². The lowest BCUT2D eigenvalue weighted by molar-refractivity contribution is -0.137. The first-order valence-electron chi connectivity index (χ1n) is 6.63. The molecule has 0 atom stereocenters. The van der Waals surface area contributed by atoms with Crippen LogP contribution in [0.2, 0.25) is 0 Å². The van der Waals surface area contributed by atoms with Gasteiger partial charge in [0.25, 0.3) is 0 Å². The molecule has 4 heteroatoms. The summed E-state index contributed by atoms with van der Waals surface area (Å²) in [6.45, 7) is 5.62. The van der Waals surface area contributed by atoms with E-state index >= 15 is 0 Å². The molecule has 4 nitrogen and oxygen atoms in total. The Morgan fingerprint density at radius 2 is 1.95 bits per heavy atom. The van der Waals surface area contributed by atoms with Crippen LogP contribution < -0.4 is 4.74 Å². The van der Waals surface area contributed by atoms with E-state index in [0.717, 1.165) is 18.8 Å². The SMILES string of the molecule is CC(C)Oc1ccc(CN(C)CCCC(=O)O)cc1. The summed E-state index contributed by atoms with van der Waals surface area (Å²) >= 11 is 0. The van der Waals surface area contributed by atoms with Crippen LogP contribution >= 0.6 is 0 Å². The molecule has 0 fully saturated rings. The minimum atomic E-state index is -0.733. The Morgan fingerprint density at radius 3 is 2.47 bits per heavy atom. The van der Waals surface area contributed by atoms with Gasteiger partial charge in [0.15, 0.2) is 0 Å². The van der Waals surface area contributed by atoms with Crippen LogP contribution in [0.5, 0.6) is 5.75 Å². The first kappa shape index (κ1) is 15.5. The fourth-order valence-electron chi connectivity index (χ4n) is 1.84. The maximum atomic E-state index is 10.4. The topological polar surface area (TPSA) is 49.8 Å². The molecule has 0 radical (unpaired) electrons. The van der Waals surface area contributed by atoms with Gasteiger partial charge in [0, 0.05) is 13.0 Å². The number of benzene rings is 1. The third kappa shape index (κ3) is 6.82. The number of carbonyl (C=O) groups is 1. The molecule has 0 aliphatic rings. The highest BCUT2D eigenvalue weighted by Crippen LogP contribution is 2.14. The fourth-order valence-corrected chi connectivity index (χ4v) is 1.84. The van der Waals surface area contributed by atoms with E-state index in [2.05, 4.69) is 4.90 Å². The summed E-state index contributed by atoms with van der Waals surface area (Å²) in [4.78, 5) is 12.6. The Balaban J connectivity index is 2.37. The van der Waals surface area contributed by atoms with Crippen molar-refractivity contribution in [2.24, 2.45) is 0 Å². The summed E-state index contributed by atoms with van der Waals surface area (Å²) in [5, 5.41) is 8.59. The summed E-state index contributed by atoms with van der Waals surface area (Å²) in [5.41, 5.74) is 1.20. The molecule has 0 saturated carbocycles. The smallest absolute Gasteiger partial charge is 0.303 e. The van der Waals surface area contributed by atoms with Crippen molar-refractivity contribution < 1.29 is 14.6 Å². The van der Waals surface area contributed by atoms with Crippen molar-refractivity contribution in [3.05, 3.63) is 29.8 Å². The molecule has 1 rings (SSSR count). The number of hydrogen-bond donors (Lipinski definition) is 1. The van der Waals surface area contributed by atoms with E-state index in [4.69, 9.17) is 9.84 Å². The molecule has 0 aromatic heterocycles. The molecular weight excluding hydrogens is 242 g/mol. The second-order valence-corrected chi connectivity index (χ2v) is 5.05. The van der Waals surface area contributed by atoms with Crippen LogP contribution in [0.25, 0.3) is 0 Å². The number of carboxylic acids is 1. The molecular formula is C15H23NO3. The molecule has 0 amide bonds. The molecule has 1 aromatic rings. The molecule has 0 saturated heterocycles. The third-order valence-electron chi connectivity index (χ3n) is 2.68. The van der Waals surface area contributed by atoms with Crippen LogP contribution in [0.1, 0.15) is 32.3 Å². The van der Waals surface area contributed by atoms with Crippen molar-refractivity contribution in [1.29, 1.82) is 0 Å². The average Bonchev–Trinajstić information content (AvgIpc) is 2.30. The number of ether oxygens (including phenoxy) is 1. The third-order valence-corrected chi connectivity index (χ3v) is 2.68. The second kappa shape index (κ2) is 7.79. The van der Waals surface area contributed by atoms with Crippen molar-refractivity contribution in [1.82, 2.24) is 4.90 Å². The Kier molecular flexibility index (Phi) is 6.36. The van der Waals surface area contributed by atoms with E-state index < -0.39 is 5.97 Å². The highest BCUT2D eigenvalue weighted by molar-refractivity contribution is 5.66. The van der Waals surface area contributed by atoms with Crippen LogP contribution in [0.4, 0.5) is 0 Å². The molecule has 0 aliphatic heterocycles. The lowest BCUT2D eigenvalue weighted by Gasteiger charge is -2.16. The monoisotopic (exact) mass is 265 g/mol. The summed E-state index contributed by atoms with van der Waals surface area (Å²) in [6.07, 6.45) is 1.09. The van der Waals surface area contributed by atoms with Crippen LogP contribution in [0.15, 0.2) is 24.3 Å². The first-order chi connectivity index (χ1) is 8.97. The molecule has 106 valence electrons. The maximum Gasteiger partial charge on any atom is 0.303 e. The summed E-state index contributed by atoms with van der Waals surface area (Å²) in [5.74, 6) is 0.149. The van der Waals surface area contributed by atoms with E-state index in [1.165, 1.54) is 5.56 Å². The number of hydrogen-bond acceptors (Lipinski definition) is 3. The highest BCUT2D eigenvalue weighted by atomic mass is 16.5. The number of carboxylic acid groups (broad SMARTS) is 1. The van der Waals surface area contributed by atoms with Crippen LogP contribution in [-0.4, -0.2) is 35.7 Å². The maximum absolute atomic E-state index is 10.4. The molecule has 0 spiro atoms. The minimum absolute atomic E-state index is 0.185. The van der Waals surface area contributed by atoms with Gasteiger partial charge in [0.2, 0.25) is 0 Å². The fraction of sp³-hybridized carbons (Fsp3) is 0.533. The molecule has 19 heavy (non-hydrogen) atoms. The van der Waals surface area contributed by atoms with Gasteiger partial charge in [-0.2, -0.15) is 0 Å². The van der Waals surface area contributed by atoms with Crippen LogP contribution in [0, 0.1) is 0 Å². The number of aliphatic carboxylic acids is 1. The lowest BCUT2D eigenvalue weighted by Crippen LogP contribution is -2.19. The predicted molar refractivity (Wildman–Crippen MR) is 75.4 cm³/mol. The predicted octanol–water partition coefficient (Wildman–Crippen LogP) is 2.77. The second-order valence-electron chi connectivity index (χ2n) is 5.05. The Labute approximate surface area is 115 Å².